The summed E-state index contributed by atoms with van der Waals surface area (Å²) in [7, 11) is -3.36. The number of piperidine rings is 1. The van der Waals surface area contributed by atoms with E-state index < -0.39 is 26.9 Å². The van der Waals surface area contributed by atoms with Crippen LogP contribution in [0.4, 0.5) is 18.9 Å². The van der Waals surface area contributed by atoms with Crippen molar-refractivity contribution in [2.75, 3.05) is 23.9 Å². The number of alkyl halides is 3. The second-order valence-corrected chi connectivity index (χ2v) is 11.6. The number of fused-ring (bicyclic) bond motifs is 2. The highest BCUT2D eigenvalue weighted by molar-refractivity contribution is 7.94. The van der Waals surface area contributed by atoms with Crippen LogP contribution in [0.5, 0.6) is 0 Å². The normalized spacial score (nSPS) is 21.4. The summed E-state index contributed by atoms with van der Waals surface area (Å²) in [5, 5.41) is 10.2. The summed E-state index contributed by atoms with van der Waals surface area (Å²) in [5.41, 5.74) is 1.95. The number of nitrogens with zero attached hydrogens (tertiary/aromatic N) is 3. The predicted octanol–water partition coefficient (Wildman–Crippen LogP) is 3.83. The lowest BCUT2D eigenvalue weighted by atomic mass is 9.87. The second-order valence-electron chi connectivity index (χ2n) is 8.50. The second kappa shape index (κ2) is 8.88. The number of carbonyl (C=O) groups is 1. The maximum atomic E-state index is 13.6. The van der Waals surface area contributed by atoms with Gasteiger partial charge in [0.15, 0.2) is 0 Å². The first kappa shape index (κ1) is 24.0. The molecule has 0 atom stereocenters. The number of para-hydroxylation sites is 1. The third-order valence-corrected chi connectivity index (χ3v) is 9.62. The molecule has 7 nitrogen and oxygen atoms in total. The zero-order valence-electron chi connectivity index (χ0n) is 17.7. The number of rotatable bonds is 4. The third-order valence-electron chi connectivity index (χ3n) is 6.32. The maximum Gasteiger partial charge on any atom is 0.490 e. The lowest BCUT2D eigenvalue weighted by Gasteiger charge is -2.38. The number of hydrogen-bond acceptors (Lipinski definition) is 6. The number of anilines is 1. The Labute approximate surface area is 193 Å². The molecule has 1 saturated heterocycles. The Morgan fingerprint density at radius 2 is 1.85 bits per heavy atom. The minimum Gasteiger partial charge on any atom is -0.475 e. The molecule has 1 aromatic heterocycles. The van der Waals surface area contributed by atoms with E-state index in [1.54, 1.807) is 15.6 Å². The van der Waals surface area contributed by atoms with Gasteiger partial charge in [0.1, 0.15) is 9.75 Å². The monoisotopic (exact) mass is 503 g/mol. The van der Waals surface area contributed by atoms with Gasteiger partial charge in [0.25, 0.3) is 0 Å². The molecular formula is C21H24F3N3O4S2. The van der Waals surface area contributed by atoms with Crippen LogP contribution in [0.2, 0.25) is 0 Å². The van der Waals surface area contributed by atoms with Crippen molar-refractivity contribution in [3.63, 3.8) is 0 Å². The molecule has 1 saturated carbocycles. The van der Waals surface area contributed by atoms with Crippen molar-refractivity contribution in [2.45, 2.75) is 43.2 Å². The van der Waals surface area contributed by atoms with Crippen LogP contribution in [0.3, 0.4) is 0 Å². The van der Waals surface area contributed by atoms with Gasteiger partial charge in [-0.05, 0) is 43.2 Å². The Kier molecular flexibility index (Phi) is 6.45. The van der Waals surface area contributed by atoms with E-state index in [-0.39, 0.29) is 0 Å². The first-order valence-electron chi connectivity index (χ1n) is 10.6. The van der Waals surface area contributed by atoms with Crippen LogP contribution in [-0.4, -0.2) is 55.2 Å². The van der Waals surface area contributed by atoms with E-state index in [4.69, 9.17) is 9.90 Å². The number of carboxylic acids is 1. The van der Waals surface area contributed by atoms with Crippen molar-refractivity contribution in [3.05, 3.63) is 46.4 Å². The molecule has 2 fully saturated rings. The topological polar surface area (TPSA) is 90.8 Å². The summed E-state index contributed by atoms with van der Waals surface area (Å²) in [5.74, 6) is -2.22. The molecule has 1 aliphatic carbocycles. The van der Waals surface area contributed by atoms with Gasteiger partial charge in [-0.2, -0.15) is 13.2 Å². The van der Waals surface area contributed by atoms with Crippen molar-refractivity contribution < 1.29 is 31.5 Å². The summed E-state index contributed by atoms with van der Waals surface area (Å²) < 4.78 is 60.0. The van der Waals surface area contributed by atoms with Crippen LogP contribution < -0.4 is 4.31 Å². The molecule has 0 unspecified atom stereocenters. The molecule has 1 aromatic carbocycles. The highest BCUT2D eigenvalue weighted by Crippen LogP contribution is 2.53. The number of thiazole rings is 1. The summed E-state index contributed by atoms with van der Waals surface area (Å²) in [4.78, 5) is 15.6. The average Bonchev–Trinajstić information content (AvgIpc) is 3.41. The lowest BCUT2D eigenvalue weighted by Crippen LogP contribution is -2.48. The highest BCUT2D eigenvalue weighted by atomic mass is 32.2. The first-order valence-corrected chi connectivity index (χ1v) is 12.9. The molecule has 2 aliphatic heterocycles. The summed E-state index contributed by atoms with van der Waals surface area (Å²) in [6.45, 7) is 3.07. The molecule has 0 radical (unpaired) electrons. The van der Waals surface area contributed by atoms with E-state index in [9.17, 15) is 21.6 Å². The van der Waals surface area contributed by atoms with E-state index in [0.717, 1.165) is 48.7 Å². The predicted molar refractivity (Wildman–Crippen MR) is 117 cm³/mol. The number of carboxylic acid groups (broad SMARTS) is 1. The van der Waals surface area contributed by atoms with Gasteiger partial charge in [-0.25, -0.2) is 18.2 Å². The Bertz CT molecular complexity index is 1090. The zero-order chi connectivity index (χ0) is 23.9. The van der Waals surface area contributed by atoms with Gasteiger partial charge in [-0.15, -0.1) is 11.3 Å². The van der Waals surface area contributed by atoms with Crippen LogP contribution in [-0.2, 0) is 26.1 Å². The Morgan fingerprint density at radius 3 is 2.39 bits per heavy atom. The zero-order valence-corrected chi connectivity index (χ0v) is 19.3. The molecule has 12 heteroatoms. The fourth-order valence-corrected chi connectivity index (χ4v) is 7.46. The molecule has 3 heterocycles. The largest absolute Gasteiger partial charge is 0.490 e. The number of aliphatic carboxylic acids is 1. The maximum absolute atomic E-state index is 13.6. The fraction of sp³-hybridized carbons (Fsp3) is 0.524. The molecule has 33 heavy (non-hydrogen) atoms. The molecule has 1 spiro atoms. The number of likely N-dealkylation sites (tertiary alicyclic amines) is 1. The van der Waals surface area contributed by atoms with E-state index >= 15 is 0 Å². The lowest BCUT2D eigenvalue weighted by molar-refractivity contribution is -0.192. The van der Waals surface area contributed by atoms with E-state index in [1.807, 2.05) is 35.8 Å². The Morgan fingerprint density at radius 1 is 1.21 bits per heavy atom. The third kappa shape index (κ3) is 4.73. The number of benzene rings is 1. The quantitative estimate of drug-likeness (QED) is 0.682. The van der Waals surface area contributed by atoms with Gasteiger partial charge in [0.05, 0.1) is 12.2 Å². The number of aromatic nitrogens is 1. The molecule has 0 amide bonds. The SMILES string of the molecule is O=C(O)C(F)(F)F.O=S1(=O)N(CC2CC2)c2ccccc2C12CCN(Cc1nccs1)CC2. The molecule has 3 aliphatic rings. The minimum atomic E-state index is -5.08. The van der Waals surface area contributed by atoms with Gasteiger partial charge in [-0.3, -0.25) is 9.21 Å². The summed E-state index contributed by atoms with van der Waals surface area (Å²) >= 11 is 1.66. The van der Waals surface area contributed by atoms with Crippen molar-refractivity contribution >= 4 is 33.0 Å². The van der Waals surface area contributed by atoms with E-state index in [1.165, 1.54) is 0 Å². The molecule has 0 bridgehead atoms. The van der Waals surface area contributed by atoms with Crippen LogP contribution in [0.15, 0.2) is 35.8 Å². The van der Waals surface area contributed by atoms with Gasteiger partial charge in [0, 0.05) is 31.2 Å². The molecule has 1 N–H and O–H groups in total. The highest BCUT2D eigenvalue weighted by Gasteiger charge is 2.57. The van der Waals surface area contributed by atoms with Gasteiger partial charge in [0.2, 0.25) is 10.0 Å². The summed E-state index contributed by atoms with van der Waals surface area (Å²) in [6.07, 6.45) is 0.391. The Balaban J connectivity index is 0.000000325. The van der Waals surface area contributed by atoms with Crippen LogP contribution >= 0.6 is 11.3 Å². The van der Waals surface area contributed by atoms with Gasteiger partial charge in [-0.1, -0.05) is 18.2 Å². The van der Waals surface area contributed by atoms with Crippen molar-refractivity contribution in [2.24, 2.45) is 5.92 Å². The number of hydrogen-bond donors (Lipinski definition) is 1. The van der Waals surface area contributed by atoms with Crippen LogP contribution in [0.1, 0.15) is 36.3 Å². The first-order chi connectivity index (χ1) is 15.5. The molecule has 5 rings (SSSR count). The Hall–Kier alpha value is -2.18. The van der Waals surface area contributed by atoms with Gasteiger partial charge >= 0.3 is 12.1 Å². The standard InChI is InChI=1S/C19H23N3O2S2.C2HF3O2/c23-26(24)19(7-10-21(11-8-19)14-18-20-9-12-25-18)16-3-1-2-4-17(16)22(26)13-15-5-6-15;3-2(4,5)1(6)7/h1-4,9,12,15H,5-8,10-11,13-14H2;(H,6,7). The van der Waals surface area contributed by atoms with Crippen molar-refractivity contribution in [3.8, 4) is 0 Å². The molecule has 180 valence electrons. The number of sulfonamides is 1. The van der Waals surface area contributed by atoms with E-state index in [0.29, 0.717) is 25.3 Å². The van der Waals surface area contributed by atoms with Crippen molar-refractivity contribution in [1.29, 1.82) is 0 Å². The number of halogens is 3. The van der Waals surface area contributed by atoms with Crippen LogP contribution in [0.25, 0.3) is 0 Å². The minimum absolute atomic E-state index is 0.540. The smallest absolute Gasteiger partial charge is 0.475 e. The molecular weight excluding hydrogens is 479 g/mol. The van der Waals surface area contributed by atoms with Crippen molar-refractivity contribution in [1.82, 2.24) is 9.88 Å². The van der Waals surface area contributed by atoms with E-state index in [2.05, 4.69) is 9.88 Å². The van der Waals surface area contributed by atoms with Crippen LogP contribution in [0, 0.1) is 5.92 Å². The summed E-state index contributed by atoms with van der Waals surface area (Å²) in [6, 6.07) is 7.98. The van der Waals surface area contributed by atoms with Gasteiger partial charge < -0.3 is 5.11 Å². The average molecular weight is 504 g/mol. The molecule has 2 aromatic rings. The fourth-order valence-electron chi connectivity index (χ4n) is 4.41.